The number of para-hydroxylation sites is 2. The Bertz CT molecular complexity index is 877. The minimum Gasteiger partial charge on any atom is -0.295 e. The van der Waals surface area contributed by atoms with E-state index in [9.17, 15) is 9.18 Å². The van der Waals surface area contributed by atoms with Crippen LogP contribution < -0.4 is 10.9 Å². The van der Waals surface area contributed by atoms with E-state index in [2.05, 4.69) is 15.8 Å². The highest BCUT2D eigenvalue weighted by Gasteiger charge is 2.01. The van der Waals surface area contributed by atoms with Crippen molar-refractivity contribution >= 4 is 28.6 Å². The molecule has 0 radical (unpaired) electrons. The maximum Gasteiger partial charge on any atom is 0.262 e. The highest BCUT2D eigenvalue weighted by molar-refractivity contribution is 5.93. The molecule has 3 aromatic rings. The first kappa shape index (κ1) is 14.7. The Morgan fingerprint density at radius 1 is 1.09 bits per heavy atom. The summed E-state index contributed by atoms with van der Waals surface area (Å²) >= 11 is 0. The Labute approximate surface area is 132 Å². The molecule has 0 atom stereocenters. The van der Waals surface area contributed by atoms with Crippen molar-refractivity contribution in [2.24, 2.45) is 0 Å². The summed E-state index contributed by atoms with van der Waals surface area (Å²) in [5.74, 6) is -0.822. The zero-order valence-corrected chi connectivity index (χ0v) is 12.2. The molecule has 4 nitrogen and oxygen atoms in total. The lowest BCUT2D eigenvalue weighted by molar-refractivity contribution is -0.115. The van der Waals surface area contributed by atoms with Crippen molar-refractivity contribution in [3.05, 3.63) is 78.3 Å². The van der Waals surface area contributed by atoms with Crippen LogP contribution in [-0.4, -0.2) is 10.9 Å². The summed E-state index contributed by atoms with van der Waals surface area (Å²) in [5.41, 5.74) is 6.87. The number of anilines is 1. The van der Waals surface area contributed by atoms with Crippen LogP contribution in [0.15, 0.2) is 66.9 Å². The molecule has 0 saturated carbocycles. The van der Waals surface area contributed by atoms with Gasteiger partial charge in [-0.15, -0.1) is 0 Å². The fourth-order valence-corrected chi connectivity index (χ4v) is 2.08. The molecule has 0 aliphatic heterocycles. The highest BCUT2D eigenvalue weighted by atomic mass is 19.1. The van der Waals surface area contributed by atoms with Gasteiger partial charge in [-0.2, -0.15) is 0 Å². The fraction of sp³-hybridized carbons (Fsp3) is 0. The van der Waals surface area contributed by atoms with E-state index in [1.54, 1.807) is 24.4 Å². The number of rotatable bonds is 4. The number of pyridine rings is 1. The quantitative estimate of drug-likeness (QED) is 0.573. The van der Waals surface area contributed by atoms with E-state index in [1.165, 1.54) is 18.2 Å². The van der Waals surface area contributed by atoms with E-state index in [0.717, 1.165) is 16.5 Å². The van der Waals surface area contributed by atoms with Gasteiger partial charge in [-0.05, 0) is 35.9 Å². The number of carbonyl (C=O) groups excluding carboxylic acids is 1. The molecule has 3 rings (SSSR count). The molecule has 1 amide bonds. The topological polar surface area (TPSA) is 54.0 Å². The Balaban J connectivity index is 1.64. The number of carbonyl (C=O) groups is 1. The number of nitrogens with zero attached hydrogens (tertiary/aromatic N) is 1. The van der Waals surface area contributed by atoms with Crippen LogP contribution in [0.5, 0.6) is 0 Å². The van der Waals surface area contributed by atoms with Crippen molar-refractivity contribution in [2.45, 2.75) is 0 Å². The molecule has 0 bridgehead atoms. The molecule has 2 aromatic carbocycles. The molecule has 5 heteroatoms. The maximum absolute atomic E-state index is 13.4. The highest BCUT2D eigenvalue weighted by Crippen LogP contribution is 2.13. The second kappa shape index (κ2) is 6.70. The summed E-state index contributed by atoms with van der Waals surface area (Å²) in [6.07, 6.45) is 4.70. The van der Waals surface area contributed by atoms with Crippen molar-refractivity contribution in [2.75, 3.05) is 5.43 Å². The maximum atomic E-state index is 13.4. The molecule has 0 fully saturated rings. The molecule has 2 N–H and O–H groups in total. The molecule has 0 spiro atoms. The van der Waals surface area contributed by atoms with Crippen LogP contribution in [-0.2, 0) is 4.79 Å². The van der Waals surface area contributed by atoms with E-state index >= 15 is 0 Å². The molecular formula is C18H14FN3O. The second-order valence-electron chi connectivity index (χ2n) is 4.89. The van der Waals surface area contributed by atoms with E-state index in [0.29, 0.717) is 0 Å². The van der Waals surface area contributed by atoms with Crippen LogP contribution in [0.25, 0.3) is 17.0 Å². The zero-order chi connectivity index (χ0) is 16.1. The average Bonchev–Trinajstić information content (AvgIpc) is 2.59. The number of benzene rings is 2. The molecule has 0 aliphatic rings. The summed E-state index contributed by atoms with van der Waals surface area (Å²) in [4.78, 5) is 16.1. The van der Waals surface area contributed by atoms with Gasteiger partial charge in [0, 0.05) is 17.7 Å². The molecule has 1 aromatic heterocycles. The van der Waals surface area contributed by atoms with E-state index in [4.69, 9.17) is 0 Å². The SMILES string of the molecule is O=C(/C=C/c1cnc2ccccc2c1)NNc1ccccc1F. The number of hydrazine groups is 1. The molecule has 0 unspecified atom stereocenters. The van der Waals surface area contributed by atoms with Gasteiger partial charge in [-0.25, -0.2) is 4.39 Å². The number of aromatic nitrogens is 1. The average molecular weight is 307 g/mol. The third kappa shape index (κ3) is 3.71. The first-order chi connectivity index (χ1) is 11.2. The van der Waals surface area contributed by atoms with Gasteiger partial charge in [0.15, 0.2) is 0 Å². The van der Waals surface area contributed by atoms with Crippen LogP contribution in [0.1, 0.15) is 5.56 Å². The molecule has 23 heavy (non-hydrogen) atoms. The van der Waals surface area contributed by atoms with Gasteiger partial charge >= 0.3 is 0 Å². The van der Waals surface area contributed by atoms with Crippen molar-refractivity contribution in [1.82, 2.24) is 10.4 Å². The minimum atomic E-state index is -0.435. The number of fused-ring (bicyclic) bond motifs is 1. The number of hydrogen-bond donors (Lipinski definition) is 2. The number of hydrogen-bond acceptors (Lipinski definition) is 3. The zero-order valence-electron chi connectivity index (χ0n) is 12.2. The van der Waals surface area contributed by atoms with Gasteiger partial charge < -0.3 is 0 Å². The number of nitrogens with one attached hydrogen (secondary N) is 2. The summed E-state index contributed by atoms with van der Waals surface area (Å²) < 4.78 is 13.4. The largest absolute Gasteiger partial charge is 0.295 e. The third-order valence-electron chi connectivity index (χ3n) is 3.23. The molecule has 0 saturated heterocycles. The van der Waals surface area contributed by atoms with Crippen molar-refractivity contribution < 1.29 is 9.18 Å². The Morgan fingerprint density at radius 2 is 1.87 bits per heavy atom. The number of halogens is 1. The first-order valence-electron chi connectivity index (χ1n) is 7.06. The van der Waals surface area contributed by atoms with Crippen LogP contribution in [0.2, 0.25) is 0 Å². The van der Waals surface area contributed by atoms with E-state index < -0.39 is 5.82 Å². The third-order valence-corrected chi connectivity index (χ3v) is 3.23. The van der Waals surface area contributed by atoms with Crippen LogP contribution >= 0.6 is 0 Å². The minimum absolute atomic E-state index is 0.210. The standard InChI is InChI=1S/C18H14FN3O/c19-15-6-2-4-8-17(15)21-22-18(23)10-9-13-11-14-5-1-3-7-16(14)20-12-13/h1-12,21H,(H,22,23)/b10-9+. The predicted octanol–water partition coefficient (Wildman–Crippen LogP) is 3.53. The van der Waals surface area contributed by atoms with Crippen molar-refractivity contribution in [1.29, 1.82) is 0 Å². The fourth-order valence-electron chi connectivity index (χ4n) is 2.08. The van der Waals surface area contributed by atoms with Gasteiger partial charge in [-0.1, -0.05) is 30.3 Å². The Kier molecular flexibility index (Phi) is 4.29. The molecular weight excluding hydrogens is 293 g/mol. The van der Waals surface area contributed by atoms with Gasteiger partial charge in [-0.3, -0.25) is 20.6 Å². The van der Waals surface area contributed by atoms with Crippen molar-refractivity contribution in [3.63, 3.8) is 0 Å². The predicted molar refractivity (Wildman–Crippen MR) is 88.9 cm³/mol. The molecule has 114 valence electrons. The van der Waals surface area contributed by atoms with Gasteiger partial charge in [0.05, 0.1) is 11.2 Å². The summed E-state index contributed by atoms with van der Waals surface area (Å²) in [6, 6.07) is 15.8. The van der Waals surface area contributed by atoms with E-state index in [-0.39, 0.29) is 11.6 Å². The van der Waals surface area contributed by atoms with Crippen LogP contribution in [0.3, 0.4) is 0 Å². The lowest BCUT2D eigenvalue weighted by atomic mass is 10.1. The summed E-state index contributed by atoms with van der Waals surface area (Å²) in [7, 11) is 0. The Morgan fingerprint density at radius 3 is 2.74 bits per heavy atom. The van der Waals surface area contributed by atoms with Crippen LogP contribution in [0.4, 0.5) is 10.1 Å². The van der Waals surface area contributed by atoms with Crippen molar-refractivity contribution in [3.8, 4) is 0 Å². The van der Waals surface area contributed by atoms with Gasteiger partial charge in [0.25, 0.3) is 5.91 Å². The monoisotopic (exact) mass is 307 g/mol. The first-order valence-corrected chi connectivity index (χ1v) is 7.06. The normalized spacial score (nSPS) is 10.8. The lowest BCUT2D eigenvalue weighted by Crippen LogP contribution is -2.27. The summed E-state index contributed by atoms with van der Waals surface area (Å²) in [6.45, 7) is 0. The van der Waals surface area contributed by atoms with Gasteiger partial charge in [0.2, 0.25) is 0 Å². The number of amides is 1. The van der Waals surface area contributed by atoms with E-state index in [1.807, 2.05) is 30.3 Å². The Hall–Kier alpha value is -3.21. The molecule has 1 heterocycles. The smallest absolute Gasteiger partial charge is 0.262 e. The van der Waals surface area contributed by atoms with Gasteiger partial charge in [0.1, 0.15) is 5.82 Å². The molecule has 0 aliphatic carbocycles. The lowest BCUT2D eigenvalue weighted by Gasteiger charge is -2.06. The van der Waals surface area contributed by atoms with Crippen LogP contribution in [0, 0.1) is 5.82 Å². The summed E-state index contributed by atoms with van der Waals surface area (Å²) in [5, 5.41) is 1.000. The second-order valence-corrected chi connectivity index (χ2v) is 4.89.